The van der Waals surface area contributed by atoms with Gasteiger partial charge in [0.25, 0.3) is 0 Å². The lowest BCUT2D eigenvalue weighted by molar-refractivity contribution is -0.117. The standard InChI is InChI=1S/C30H30N4O2/c1-21-7-15-26(16-8-21)32-29(35)28(19-22-9-11-23(20-31)12-10-22)34-30(36)33-27-17-13-25(14-18-27)24-5-3-2-4-6-24/h2-18,28H,19-20,31H2,1H3,(H,32,35)(H2,33,34,36). The number of anilines is 2. The van der Waals surface area contributed by atoms with Gasteiger partial charge in [0.1, 0.15) is 6.04 Å². The highest BCUT2D eigenvalue weighted by atomic mass is 16.2. The number of carbonyl (C=O) groups is 2. The molecule has 182 valence electrons. The number of carbonyl (C=O) groups excluding carboxylic acids is 2. The fraction of sp³-hybridized carbons (Fsp3) is 0.133. The third-order valence-electron chi connectivity index (χ3n) is 5.89. The first-order valence-electron chi connectivity index (χ1n) is 11.9. The molecule has 4 aromatic rings. The number of hydrogen-bond acceptors (Lipinski definition) is 3. The minimum Gasteiger partial charge on any atom is -0.326 e. The van der Waals surface area contributed by atoms with Crippen LogP contribution in [0.4, 0.5) is 16.2 Å². The molecule has 5 N–H and O–H groups in total. The maximum absolute atomic E-state index is 13.1. The summed E-state index contributed by atoms with van der Waals surface area (Å²) in [6.45, 7) is 2.43. The van der Waals surface area contributed by atoms with E-state index in [-0.39, 0.29) is 5.91 Å². The van der Waals surface area contributed by atoms with Crippen LogP contribution in [0.3, 0.4) is 0 Å². The first kappa shape index (κ1) is 24.7. The van der Waals surface area contributed by atoms with Crippen molar-refractivity contribution in [2.24, 2.45) is 5.73 Å². The fourth-order valence-corrected chi connectivity index (χ4v) is 3.82. The summed E-state index contributed by atoms with van der Waals surface area (Å²) in [7, 11) is 0. The second-order valence-electron chi connectivity index (χ2n) is 8.67. The molecule has 0 spiro atoms. The van der Waals surface area contributed by atoms with E-state index >= 15 is 0 Å². The Morgan fingerprint density at radius 3 is 1.89 bits per heavy atom. The molecule has 36 heavy (non-hydrogen) atoms. The second kappa shape index (κ2) is 11.8. The van der Waals surface area contributed by atoms with Crippen molar-refractivity contribution in [1.29, 1.82) is 0 Å². The van der Waals surface area contributed by atoms with Crippen LogP contribution in [-0.4, -0.2) is 18.0 Å². The third kappa shape index (κ3) is 6.81. The summed E-state index contributed by atoms with van der Waals surface area (Å²) in [4.78, 5) is 26.0. The minimum atomic E-state index is -0.779. The van der Waals surface area contributed by atoms with Crippen molar-refractivity contribution in [1.82, 2.24) is 5.32 Å². The highest BCUT2D eigenvalue weighted by Gasteiger charge is 2.22. The van der Waals surface area contributed by atoms with Crippen LogP contribution in [0.2, 0.25) is 0 Å². The van der Waals surface area contributed by atoms with Gasteiger partial charge >= 0.3 is 6.03 Å². The van der Waals surface area contributed by atoms with Crippen LogP contribution in [0.25, 0.3) is 11.1 Å². The van der Waals surface area contributed by atoms with Gasteiger partial charge in [-0.3, -0.25) is 4.79 Å². The first-order chi connectivity index (χ1) is 17.5. The lowest BCUT2D eigenvalue weighted by Crippen LogP contribution is -2.46. The van der Waals surface area contributed by atoms with Crippen molar-refractivity contribution >= 4 is 23.3 Å². The van der Waals surface area contributed by atoms with Crippen LogP contribution in [0.5, 0.6) is 0 Å². The Hall–Kier alpha value is -4.42. The van der Waals surface area contributed by atoms with E-state index in [0.717, 1.165) is 27.8 Å². The highest BCUT2D eigenvalue weighted by molar-refractivity contribution is 5.99. The predicted molar refractivity (Wildman–Crippen MR) is 146 cm³/mol. The molecular weight excluding hydrogens is 448 g/mol. The Balaban J connectivity index is 1.45. The Morgan fingerprint density at radius 1 is 0.694 bits per heavy atom. The Morgan fingerprint density at radius 2 is 1.25 bits per heavy atom. The van der Waals surface area contributed by atoms with Crippen LogP contribution in [0.15, 0.2) is 103 Å². The Kier molecular flexibility index (Phi) is 8.11. The summed E-state index contributed by atoms with van der Waals surface area (Å²) in [6, 6.07) is 31.6. The quantitative estimate of drug-likeness (QED) is 0.270. The molecule has 0 aromatic heterocycles. The van der Waals surface area contributed by atoms with Gasteiger partial charge in [-0.05, 0) is 53.4 Å². The lowest BCUT2D eigenvalue weighted by Gasteiger charge is -2.19. The maximum atomic E-state index is 13.1. The largest absolute Gasteiger partial charge is 0.326 e. The van der Waals surface area contributed by atoms with Crippen molar-refractivity contribution < 1.29 is 9.59 Å². The zero-order valence-electron chi connectivity index (χ0n) is 20.2. The molecule has 6 heteroatoms. The predicted octanol–water partition coefficient (Wildman–Crippen LogP) is 5.49. The van der Waals surface area contributed by atoms with Gasteiger partial charge in [-0.1, -0.05) is 84.4 Å². The summed E-state index contributed by atoms with van der Waals surface area (Å²) >= 11 is 0. The fourth-order valence-electron chi connectivity index (χ4n) is 3.82. The van der Waals surface area contributed by atoms with Gasteiger partial charge in [0.2, 0.25) is 5.91 Å². The van der Waals surface area contributed by atoms with Gasteiger partial charge in [-0.15, -0.1) is 0 Å². The van der Waals surface area contributed by atoms with E-state index < -0.39 is 12.1 Å². The molecule has 0 aliphatic carbocycles. The maximum Gasteiger partial charge on any atom is 0.319 e. The number of nitrogens with one attached hydrogen (secondary N) is 3. The van der Waals surface area contributed by atoms with Crippen LogP contribution >= 0.6 is 0 Å². The molecule has 0 saturated carbocycles. The van der Waals surface area contributed by atoms with Crippen LogP contribution in [-0.2, 0) is 17.8 Å². The number of rotatable bonds is 8. The zero-order valence-corrected chi connectivity index (χ0v) is 20.2. The molecule has 0 bridgehead atoms. The van der Waals surface area contributed by atoms with Crippen molar-refractivity contribution in [3.05, 3.63) is 120 Å². The molecular formula is C30H30N4O2. The Bertz CT molecular complexity index is 1290. The summed E-state index contributed by atoms with van der Waals surface area (Å²) in [6.07, 6.45) is 0.336. The molecule has 6 nitrogen and oxygen atoms in total. The molecule has 0 aliphatic heterocycles. The van der Waals surface area contributed by atoms with E-state index in [9.17, 15) is 9.59 Å². The molecule has 1 atom stereocenters. The van der Waals surface area contributed by atoms with E-state index in [2.05, 4.69) is 16.0 Å². The molecule has 0 aliphatic rings. The number of amides is 3. The molecule has 0 saturated heterocycles. The van der Waals surface area contributed by atoms with Crippen molar-refractivity contribution in [2.75, 3.05) is 10.6 Å². The average molecular weight is 479 g/mol. The van der Waals surface area contributed by atoms with Gasteiger partial charge in [0, 0.05) is 24.3 Å². The summed E-state index contributed by atoms with van der Waals surface area (Å²) < 4.78 is 0. The molecule has 0 heterocycles. The van der Waals surface area contributed by atoms with Crippen LogP contribution < -0.4 is 21.7 Å². The van der Waals surface area contributed by atoms with Gasteiger partial charge in [-0.2, -0.15) is 0 Å². The van der Waals surface area contributed by atoms with Crippen LogP contribution in [0, 0.1) is 6.92 Å². The number of aryl methyl sites for hydroxylation is 1. The normalized spacial score (nSPS) is 11.4. The summed E-state index contributed by atoms with van der Waals surface area (Å²) in [5.41, 5.74) is 12.2. The van der Waals surface area contributed by atoms with Gasteiger partial charge in [0.05, 0.1) is 0 Å². The van der Waals surface area contributed by atoms with Gasteiger partial charge in [0.15, 0.2) is 0 Å². The second-order valence-corrected chi connectivity index (χ2v) is 8.67. The average Bonchev–Trinajstić information content (AvgIpc) is 2.91. The SMILES string of the molecule is Cc1ccc(NC(=O)C(Cc2ccc(CN)cc2)NC(=O)Nc2ccc(-c3ccccc3)cc2)cc1. The Labute approximate surface area is 211 Å². The topological polar surface area (TPSA) is 96.2 Å². The minimum absolute atomic E-state index is 0.295. The molecule has 0 fully saturated rings. The molecule has 4 aromatic carbocycles. The number of hydrogen-bond donors (Lipinski definition) is 4. The van der Waals surface area contributed by atoms with E-state index in [1.165, 1.54) is 0 Å². The number of nitrogens with two attached hydrogens (primary N) is 1. The smallest absolute Gasteiger partial charge is 0.319 e. The first-order valence-corrected chi connectivity index (χ1v) is 11.9. The van der Waals surface area contributed by atoms with E-state index in [1.54, 1.807) is 0 Å². The van der Waals surface area contributed by atoms with Crippen LogP contribution in [0.1, 0.15) is 16.7 Å². The van der Waals surface area contributed by atoms with Crippen molar-refractivity contribution in [2.45, 2.75) is 25.9 Å². The van der Waals surface area contributed by atoms with E-state index in [1.807, 2.05) is 110 Å². The molecule has 0 radical (unpaired) electrons. The van der Waals surface area contributed by atoms with Gasteiger partial charge in [-0.25, -0.2) is 4.79 Å². The van der Waals surface area contributed by atoms with Gasteiger partial charge < -0.3 is 21.7 Å². The molecule has 1 unspecified atom stereocenters. The summed E-state index contributed by atoms with van der Waals surface area (Å²) in [5, 5.41) is 8.57. The number of urea groups is 1. The monoisotopic (exact) mass is 478 g/mol. The molecule has 3 amide bonds. The van der Waals surface area contributed by atoms with Crippen molar-refractivity contribution in [3.63, 3.8) is 0 Å². The summed E-state index contributed by atoms with van der Waals surface area (Å²) in [5.74, 6) is -0.295. The van der Waals surface area contributed by atoms with E-state index in [4.69, 9.17) is 5.73 Å². The molecule has 4 rings (SSSR count). The lowest BCUT2D eigenvalue weighted by atomic mass is 10.0. The zero-order chi connectivity index (χ0) is 25.3. The third-order valence-corrected chi connectivity index (χ3v) is 5.89. The van der Waals surface area contributed by atoms with Crippen molar-refractivity contribution in [3.8, 4) is 11.1 Å². The van der Waals surface area contributed by atoms with E-state index in [0.29, 0.717) is 24.3 Å². The number of benzene rings is 4. The highest BCUT2D eigenvalue weighted by Crippen LogP contribution is 2.21.